The molecule has 3 fully saturated rings. The zero-order valence-corrected chi connectivity index (χ0v) is 12.4. The summed E-state index contributed by atoms with van der Waals surface area (Å²) in [7, 11) is 0. The fourth-order valence-electron chi connectivity index (χ4n) is 1.22. The van der Waals surface area contributed by atoms with Crippen LogP contribution in [0.1, 0.15) is 12.8 Å². The molecule has 0 spiro atoms. The summed E-state index contributed by atoms with van der Waals surface area (Å²) in [5.41, 5.74) is 0. The predicted octanol–water partition coefficient (Wildman–Crippen LogP) is 0.0455. The van der Waals surface area contributed by atoms with E-state index in [2.05, 4.69) is 0 Å². The van der Waals surface area contributed by atoms with Gasteiger partial charge in [-0.15, -0.1) is 0 Å². The van der Waals surface area contributed by atoms with E-state index in [-0.39, 0.29) is 37.4 Å². The van der Waals surface area contributed by atoms with Gasteiger partial charge >= 0.3 is 18.9 Å². The van der Waals surface area contributed by atoms with Gasteiger partial charge in [-0.2, -0.15) is 0 Å². The van der Waals surface area contributed by atoms with Crippen molar-refractivity contribution in [3.63, 3.8) is 0 Å². The van der Waals surface area contributed by atoms with Crippen LogP contribution in [-0.2, 0) is 23.3 Å². The molecule has 1 nitrogen and oxygen atoms in total. The maximum atomic E-state index is 4.94. The van der Waals surface area contributed by atoms with Gasteiger partial charge in [0.15, 0.2) is 0 Å². The van der Waals surface area contributed by atoms with Gasteiger partial charge in [0.25, 0.3) is 0 Å². The number of ether oxygens (including phenoxy) is 1. The molecule has 2 saturated carbocycles. The van der Waals surface area contributed by atoms with Crippen LogP contribution in [0, 0.1) is 70.6 Å². The molecule has 0 atom stereocenters. The Morgan fingerprint density at radius 3 is 0.833 bits per heavy atom. The average molecular weight is 273 g/mol. The molecule has 3 aliphatic rings. The van der Waals surface area contributed by atoms with E-state index in [4.69, 9.17) is 4.74 Å². The second kappa shape index (κ2) is 18.1. The van der Waals surface area contributed by atoms with Crippen LogP contribution in [0.5, 0.6) is 0 Å². The Morgan fingerprint density at radius 2 is 0.722 bits per heavy atom. The van der Waals surface area contributed by atoms with Gasteiger partial charge in [-0.05, 0) is 83.5 Å². The van der Waals surface area contributed by atoms with Crippen LogP contribution >= 0.6 is 0 Å². The summed E-state index contributed by atoms with van der Waals surface area (Å²) in [6.07, 6.45) is 24.6. The number of rotatable bonds is 0. The molecule has 0 bridgehead atoms. The Bertz CT molecular complexity index is 95.7. The maximum absolute atomic E-state index is 4.94. The standard InChI is InChI=1S/C6H6.C5H5.C4H8O.Li.V/c1-2-4-6-5-3-1;2*1-2-4-5-3-1;;/h1-6H;1-5H;1-4H2;;/q;;;+1;. The van der Waals surface area contributed by atoms with Crippen molar-refractivity contribution in [1.82, 2.24) is 0 Å². The van der Waals surface area contributed by atoms with Crippen molar-refractivity contribution in [1.29, 1.82) is 0 Å². The summed E-state index contributed by atoms with van der Waals surface area (Å²) in [6.45, 7) is 2.00. The molecule has 0 amide bonds. The van der Waals surface area contributed by atoms with Crippen molar-refractivity contribution in [2.45, 2.75) is 12.8 Å². The molecule has 0 N–H and O–H groups in total. The van der Waals surface area contributed by atoms with Crippen LogP contribution in [0.3, 0.4) is 0 Å². The number of hydrogen-bond donors (Lipinski definition) is 0. The summed E-state index contributed by atoms with van der Waals surface area (Å²) in [4.78, 5) is 0. The van der Waals surface area contributed by atoms with E-state index in [9.17, 15) is 0 Å². The maximum Gasteiger partial charge on any atom is 1.00 e. The second-order valence-corrected chi connectivity index (χ2v) is 3.44. The molecule has 3 rings (SSSR count). The Kier molecular flexibility index (Phi) is 21.6. The van der Waals surface area contributed by atoms with Crippen molar-refractivity contribution in [3.8, 4) is 0 Å². The molecule has 0 aromatic carbocycles. The minimum atomic E-state index is 0. The summed E-state index contributed by atoms with van der Waals surface area (Å²) < 4.78 is 4.94. The molecule has 0 unspecified atom stereocenters. The van der Waals surface area contributed by atoms with Gasteiger partial charge in [0.05, 0.1) is 0 Å². The van der Waals surface area contributed by atoms with Crippen molar-refractivity contribution in [2.75, 3.05) is 13.2 Å². The zero-order valence-electron chi connectivity index (χ0n) is 11.0. The van der Waals surface area contributed by atoms with Crippen LogP contribution < -0.4 is 18.9 Å². The van der Waals surface area contributed by atoms with Gasteiger partial charge in [0.1, 0.15) is 0 Å². The quantitative estimate of drug-likeness (QED) is 0.567. The molecule has 2 aliphatic carbocycles. The fraction of sp³-hybridized carbons (Fsp3) is 0.267. The topological polar surface area (TPSA) is 9.23 Å². The van der Waals surface area contributed by atoms with E-state index in [0.717, 1.165) is 13.2 Å². The Morgan fingerprint density at radius 1 is 0.500 bits per heavy atom. The van der Waals surface area contributed by atoms with Gasteiger partial charge < -0.3 is 4.74 Å². The van der Waals surface area contributed by atoms with Crippen molar-refractivity contribution in [2.24, 2.45) is 0 Å². The third-order valence-electron chi connectivity index (χ3n) is 2.05. The molecular weight excluding hydrogens is 254 g/mol. The average Bonchev–Trinajstić information content (AvgIpc) is 3.10. The first-order valence-corrected chi connectivity index (χ1v) is 5.74. The minimum absolute atomic E-state index is 0. The molecule has 3 heteroatoms. The largest absolute Gasteiger partial charge is 1.00 e. The van der Waals surface area contributed by atoms with Gasteiger partial charge in [-0.3, -0.25) is 0 Å². The predicted molar refractivity (Wildman–Crippen MR) is 67.4 cm³/mol. The Hall–Kier alpha value is 1.14. The molecule has 18 heavy (non-hydrogen) atoms. The van der Waals surface area contributed by atoms with E-state index in [1.54, 1.807) is 0 Å². The van der Waals surface area contributed by atoms with Crippen LogP contribution in [0.2, 0.25) is 0 Å². The SMILES string of the molecule is C1CCOC1.[CH]1[CH][CH][CH][CH]1.[CH]1[CH][CH][CH][CH][CH]1.[Li+].[V]. The first kappa shape index (κ1) is 21.4. The number of hydrogen-bond acceptors (Lipinski definition) is 1. The molecule has 90 valence electrons. The van der Waals surface area contributed by atoms with Gasteiger partial charge in [-0.25, -0.2) is 0 Å². The third-order valence-corrected chi connectivity index (χ3v) is 2.05. The van der Waals surface area contributed by atoms with Gasteiger partial charge in [-0.1, -0.05) is 0 Å². The molecule has 12 radical (unpaired) electrons. The summed E-state index contributed by atoms with van der Waals surface area (Å²) in [6, 6.07) is 0. The summed E-state index contributed by atoms with van der Waals surface area (Å²) in [5, 5.41) is 0. The van der Waals surface area contributed by atoms with E-state index in [1.165, 1.54) is 12.8 Å². The normalized spacial score (nSPS) is 21.3. The third kappa shape index (κ3) is 15.2. The molecule has 1 heterocycles. The Labute approximate surface area is 138 Å². The molecule has 0 aromatic heterocycles. The van der Waals surface area contributed by atoms with Crippen molar-refractivity contribution in [3.05, 3.63) is 70.6 Å². The van der Waals surface area contributed by atoms with E-state index < -0.39 is 0 Å². The van der Waals surface area contributed by atoms with Crippen LogP contribution in [0.4, 0.5) is 0 Å². The molecule has 1 aliphatic heterocycles. The van der Waals surface area contributed by atoms with Crippen LogP contribution in [0.15, 0.2) is 0 Å². The zero-order chi connectivity index (χ0) is 11.3. The van der Waals surface area contributed by atoms with Gasteiger partial charge in [0, 0.05) is 31.8 Å². The van der Waals surface area contributed by atoms with Crippen LogP contribution in [-0.4, -0.2) is 13.2 Å². The summed E-state index contributed by atoms with van der Waals surface area (Å²) in [5.74, 6) is 0. The van der Waals surface area contributed by atoms with E-state index >= 15 is 0 Å². The smallest absolute Gasteiger partial charge is 0.381 e. The second-order valence-electron chi connectivity index (χ2n) is 3.44. The molecule has 0 aromatic rings. The van der Waals surface area contributed by atoms with Crippen molar-refractivity contribution >= 4 is 0 Å². The fourth-order valence-corrected chi connectivity index (χ4v) is 1.22. The molecular formula is C15H19LiOV+. The van der Waals surface area contributed by atoms with E-state index in [1.807, 2.05) is 70.6 Å². The summed E-state index contributed by atoms with van der Waals surface area (Å²) >= 11 is 0. The first-order chi connectivity index (χ1) is 8.00. The van der Waals surface area contributed by atoms with Gasteiger partial charge in [0.2, 0.25) is 0 Å². The van der Waals surface area contributed by atoms with E-state index in [0.29, 0.717) is 0 Å². The minimum Gasteiger partial charge on any atom is -0.381 e. The van der Waals surface area contributed by atoms with Crippen molar-refractivity contribution < 1.29 is 42.2 Å². The molecule has 1 saturated heterocycles. The Balaban J connectivity index is 0. The monoisotopic (exact) mass is 273 g/mol. The van der Waals surface area contributed by atoms with Crippen LogP contribution in [0.25, 0.3) is 0 Å². The first-order valence-electron chi connectivity index (χ1n) is 5.74.